The molecule has 0 heterocycles. The van der Waals surface area contributed by atoms with E-state index in [-0.39, 0.29) is 6.54 Å². The summed E-state index contributed by atoms with van der Waals surface area (Å²) in [6.45, 7) is 5.69. The monoisotopic (exact) mass is 355 g/mol. The van der Waals surface area contributed by atoms with E-state index < -0.39 is 18.6 Å². The lowest BCUT2D eigenvalue weighted by Crippen LogP contribution is -2.38. The Hall–Kier alpha value is -2.70. The molecular weight excluding hydrogens is 335 g/mol. The molecule has 0 saturated heterocycles. The molecule has 0 aliphatic rings. The molecule has 0 spiro atoms. The predicted molar refractivity (Wildman–Crippen MR) is 90.6 cm³/mol. The number of benzene rings is 1. The summed E-state index contributed by atoms with van der Waals surface area (Å²) in [5.41, 5.74) is 0.585. The Morgan fingerprint density at radius 2 is 1.96 bits per heavy atom. The first kappa shape index (κ1) is 20.3. The zero-order valence-electron chi connectivity index (χ0n) is 13.9. The van der Waals surface area contributed by atoms with Crippen molar-refractivity contribution in [1.29, 1.82) is 0 Å². The maximum Gasteiger partial charge on any atom is 0.406 e. The Balaban J connectivity index is 2.89. The van der Waals surface area contributed by atoms with Crippen molar-refractivity contribution in [2.24, 2.45) is 0 Å². The number of hydrogen-bond acceptors (Lipinski definition) is 3. The Bertz CT molecular complexity index is 639. The molecule has 0 N–H and O–H groups in total. The van der Waals surface area contributed by atoms with Crippen LogP contribution in [-0.4, -0.2) is 43.8 Å². The van der Waals surface area contributed by atoms with Gasteiger partial charge in [-0.1, -0.05) is 24.8 Å². The lowest BCUT2D eigenvalue weighted by atomic mass is 10.2. The topological polar surface area (TPSA) is 38.8 Å². The molecule has 7 heteroatoms. The van der Waals surface area contributed by atoms with Crippen molar-refractivity contribution in [1.82, 2.24) is 4.90 Å². The first-order chi connectivity index (χ1) is 11.8. The number of halogens is 3. The van der Waals surface area contributed by atoms with Crippen LogP contribution in [0.3, 0.4) is 0 Å². The number of methoxy groups -OCH3 is 1. The summed E-state index contributed by atoms with van der Waals surface area (Å²) < 4.78 is 48.1. The van der Waals surface area contributed by atoms with Crippen molar-refractivity contribution in [3.8, 4) is 11.5 Å². The van der Waals surface area contributed by atoms with Crippen LogP contribution in [-0.2, 0) is 4.79 Å². The van der Waals surface area contributed by atoms with Crippen molar-refractivity contribution >= 4 is 12.0 Å². The van der Waals surface area contributed by atoms with Crippen molar-refractivity contribution in [3.05, 3.63) is 55.1 Å². The van der Waals surface area contributed by atoms with Gasteiger partial charge in [-0.15, -0.1) is 6.58 Å². The fraction of sp³-hybridized carbons (Fsp3) is 0.278. The van der Waals surface area contributed by atoms with Crippen LogP contribution in [0.1, 0.15) is 5.56 Å². The first-order valence-corrected chi connectivity index (χ1v) is 7.37. The quantitative estimate of drug-likeness (QED) is 0.499. The van der Waals surface area contributed by atoms with Crippen molar-refractivity contribution < 1.29 is 27.4 Å². The maximum absolute atomic E-state index is 12.5. The molecule has 0 aliphatic carbocycles. The maximum atomic E-state index is 12.5. The number of carbonyl (C=O) groups excluding carboxylic acids is 1. The standard InChI is InChI=1S/C18H20F3NO3/c1-4-10-22(13-18(19,20)21)17(23)9-7-14-6-8-15(25-11-5-2)16(12-14)24-3/h4-9,12H,1-2,10-11,13H2,3H3/b9-7+. The van der Waals surface area contributed by atoms with Gasteiger partial charge in [0.2, 0.25) is 5.91 Å². The van der Waals surface area contributed by atoms with Gasteiger partial charge in [-0.3, -0.25) is 4.79 Å². The highest BCUT2D eigenvalue weighted by Crippen LogP contribution is 2.28. The number of nitrogens with zero attached hydrogens (tertiary/aromatic N) is 1. The van der Waals surface area contributed by atoms with E-state index in [1.807, 2.05) is 0 Å². The minimum atomic E-state index is -4.47. The lowest BCUT2D eigenvalue weighted by Gasteiger charge is -2.20. The molecule has 1 aromatic rings. The zero-order valence-corrected chi connectivity index (χ0v) is 13.9. The van der Waals surface area contributed by atoms with Crippen LogP contribution in [0.2, 0.25) is 0 Å². The Morgan fingerprint density at radius 3 is 2.52 bits per heavy atom. The molecule has 25 heavy (non-hydrogen) atoms. The van der Waals surface area contributed by atoms with Gasteiger partial charge in [-0.2, -0.15) is 13.2 Å². The molecule has 1 rings (SSSR count). The fourth-order valence-corrected chi connectivity index (χ4v) is 1.93. The van der Waals surface area contributed by atoms with E-state index in [1.165, 1.54) is 19.3 Å². The summed E-state index contributed by atoms with van der Waals surface area (Å²) in [6, 6.07) is 4.92. The van der Waals surface area contributed by atoms with E-state index in [0.29, 0.717) is 28.6 Å². The summed E-state index contributed by atoms with van der Waals surface area (Å²) in [6.07, 6.45) is 0.843. The molecule has 4 nitrogen and oxygen atoms in total. The summed E-state index contributed by atoms with van der Waals surface area (Å²) in [7, 11) is 1.46. The lowest BCUT2D eigenvalue weighted by molar-refractivity contribution is -0.157. The van der Waals surface area contributed by atoms with E-state index in [9.17, 15) is 18.0 Å². The zero-order chi connectivity index (χ0) is 18.9. The third-order valence-electron chi connectivity index (χ3n) is 2.99. The first-order valence-electron chi connectivity index (χ1n) is 7.37. The smallest absolute Gasteiger partial charge is 0.406 e. The highest BCUT2D eigenvalue weighted by molar-refractivity contribution is 5.92. The molecule has 0 aromatic heterocycles. The number of ether oxygens (including phenoxy) is 2. The van der Waals surface area contributed by atoms with Crippen LogP contribution in [0.5, 0.6) is 11.5 Å². The minimum Gasteiger partial charge on any atom is -0.493 e. The summed E-state index contributed by atoms with van der Waals surface area (Å²) >= 11 is 0. The third-order valence-corrected chi connectivity index (χ3v) is 2.99. The number of amides is 1. The van der Waals surface area contributed by atoms with Gasteiger partial charge in [-0.25, -0.2) is 0 Å². The van der Waals surface area contributed by atoms with Gasteiger partial charge in [0.25, 0.3) is 0 Å². The van der Waals surface area contributed by atoms with Crippen molar-refractivity contribution in [2.45, 2.75) is 6.18 Å². The Kier molecular flexibility index (Phi) is 7.78. The van der Waals surface area contributed by atoms with Crippen LogP contribution in [0.25, 0.3) is 6.08 Å². The number of rotatable bonds is 9. The van der Waals surface area contributed by atoms with Gasteiger partial charge < -0.3 is 14.4 Å². The van der Waals surface area contributed by atoms with Gasteiger partial charge in [0.05, 0.1) is 7.11 Å². The highest BCUT2D eigenvalue weighted by atomic mass is 19.4. The number of alkyl halides is 3. The summed E-state index contributed by atoms with van der Waals surface area (Å²) in [4.78, 5) is 12.6. The van der Waals surface area contributed by atoms with Crippen LogP contribution in [0, 0.1) is 0 Å². The second kappa shape index (κ2) is 9.56. The SMILES string of the molecule is C=CCOc1ccc(/C=C/C(=O)N(CC=C)CC(F)(F)F)cc1OC. The van der Waals surface area contributed by atoms with Gasteiger partial charge in [-0.05, 0) is 23.8 Å². The number of carbonyl (C=O) groups is 1. The van der Waals surface area contributed by atoms with Gasteiger partial charge in [0.1, 0.15) is 13.2 Å². The molecule has 0 fully saturated rings. The fourth-order valence-electron chi connectivity index (χ4n) is 1.93. The second-order valence-corrected chi connectivity index (χ2v) is 4.97. The van der Waals surface area contributed by atoms with E-state index in [0.717, 1.165) is 6.08 Å². The van der Waals surface area contributed by atoms with Crippen LogP contribution >= 0.6 is 0 Å². The average Bonchev–Trinajstić information content (AvgIpc) is 2.56. The van der Waals surface area contributed by atoms with Gasteiger partial charge in [0.15, 0.2) is 11.5 Å². The molecule has 0 radical (unpaired) electrons. The van der Waals surface area contributed by atoms with Crippen molar-refractivity contribution in [2.75, 3.05) is 26.8 Å². The highest BCUT2D eigenvalue weighted by Gasteiger charge is 2.31. The normalized spacial score (nSPS) is 11.2. The minimum absolute atomic E-state index is 0.194. The molecule has 0 unspecified atom stereocenters. The second-order valence-electron chi connectivity index (χ2n) is 4.97. The van der Waals surface area contributed by atoms with E-state index in [2.05, 4.69) is 13.2 Å². The van der Waals surface area contributed by atoms with Crippen molar-refractivity contribution in [3.63, 3.8) is 0 Å². The summed E-state index contributed by atoms with van der Waals surface area (Å²) in [5.74, 6) is 0.175. The molecule has 0 bridgehead atoms. The summed E-state index contributed by atoms with van der Waals surface area (Å²) in [5, 5.41) is 0. The van der Waals surface area contributed by atoms with Crippen LogP contribution < -0.4 is 9.47 Å². The van der Waals surface area contributed by atoms with Crippen LogP contribution in [0.15, 0.2) is 49.6 Å². The van der Waals surface area contributed by atoms with E-state index >= 15 is 0 Å². The molecule has 1 amide bonds. The van der Waals surface area contributed by atoms with E-state index in [4.69, 9.17) is 9.47 Å². The molecule has 0 aliphatic heterocycles. The molecule has 136 valence electrons. The average molecular weight is 355 g/mol. The van der Waals surface area contributed by atoms with Crippen LogP contribution in [0.4, 0.5) is 13.2 Å². The number of hydrogen-bond donors (Lipinski definition) is 0. The third kappa shape index (κ3) is 7.15. The predicted octanol–water partition coefficient (Wildman–Crippen LogP) is 3.85. The molecular formula is C18H20F3NO3. The van der Waals surface area contributed by atoms with E-state index in [1.54, 1.807) is 24.3 Å². The van der Waals surface area contributed by atoms with Gasteiger partial charge in [0, 0.05) is 12.6 Å². The molecule has 0 atom stereocenters. The van der Waals surface area contributed by atoms with Gasteiger partial charge >= 0.3 is 6.18 Å². The molecule has 1 aromatic carbocycles. The molecule has 0 saturated carbocycles. The Labute approximate surface area is 144 Å². The largest absolute Gasteiger partial charge is 0.493 e. The Morgan fingerprint density at radius 1 is 1.24 bits per heavy atom.